The van der Waals surface area contributed by atoms with Crippen LogP contribution >= 0.6 is 0 Å². The average molecular weight is 371 g/mol. The van der Waals surface area contributed by atoms with Crippen molar-refractivity contribution in [2.75, 3.05) is 7.11 Å². The average Bonchev–Trinajstić information content (AvgIpc) is 2.66. The van der Waals surface area contributed by atoms with Gasteiger partial charge in [-0.05, 0) is 17.7 Å². The number of nitrogens with zero attached hydrogens (tertiary/aromatic N) is 1. The molecule has 0 fully saturated rings. The number of para-hydroxylation sites is 1. The van der Waals surface area contributed by atoms with Crippen LogP contribution in [0.1, 0.15) is 11.6 Å². The minimum atomic E-state index is -1.58. The predicted molar refractivity (Wildman–Crippen MR) is 92.0 cm³/mol. The molecule has 1 N–H and O–H groups in total. The highest BCUT2D eigenvalue weighted by molar-refractivity contribution is 5.84. The van der Waals surface area contributed by atoms with Crippen LogP contribution < -0.4 is 16.1 Å². The fourth-order valence-corrected chi connectivity index (χ4v) is 2.61. The Morgan fingerprint density at radius 3 is 2.41 bits per heavy atom. The van der Waals surface area contributed by atoms with Crippen molar-refractivity contribution in [3.05, 3.63) is 75.0 Å². The van der Waals surface area contributed by atoms with Crippen LogP contribution in [0.2, 0.25) is 0 Å². The van der Waals surface area contributed by atoms with Gasteiger partial charge in [0, 0.05) is 0 Å². The molecule has 0 spiro atoms. The number of carbonyl (C=O) groups excluding carboxylic acids is 1. The second-order valence-corrected chi connectivity index (χ2v) is 5.38. The highest BCUT2D eigenvalue weighted by atomic mass is 16.7. The summed E-state index contributed by atoms with van der Waals surface area (Å²) >= 11 is 0. The van der Waals surface area contributed by atoms with Crippen LogP contribution in [0.3, 0.4) is 0 Å². The summed E-state index contributed by atoms with van der Waals surface area (Å²) in [6.07, 6.45) is -1.07. The van der Waals surface area contributed by atoms with E-state index >= 15 is 0 Å². The molecule has 0 aliphatic heterocycles. The van der Waals surface area contributed by atoms with Crippen molar-refractivity contribution in [3.8, 4) is 5.75 Å². The Morgan fingerprint density at radius 2 is 1.78 bits per heavy atom. The number of carboxylic acids is 1. The molecule has 0 bridgehead atoms. The topological polar surface area (TPSA) is 125 Å². The Balaban J connectivity index is 2.27. The Kier molecular flexibility index (Phi) is 4.75. The van der Waals surface area contributed by atoms with Gasteiger partial charge in [-0.2, -0.15) is 0 Å². The monoisotopic (exact) mass is 371 g/mol. The van der Waals surface area contributed by atoms with Gasteiger partial charge in [0.25, 0.3) is 5.56 Å². The molecule has 138 valence electrons. The Hall–Kier alpha value is -3.88. The number of hydrogen-bond acceptors (Lipinski definition) is 7. The number of carboxylic acid groups (broad SMARTS) is 1. The highest BCUT2D eigenvalue weighted by Gasteiger charge is 2.28. The number of carbonyl (C=O) groups is 2. The first-order chi connectivity index (χ1) is 12.9. The van der Waals surface area contributed by atoms with E-state index in [4.69, 9.17) is 9.15 Å². The van der Waals surface area contributed by atoms with E-state index in [2.05, 4.69) is 4.74 Å². The third-order valence-corrected chi connectivity index (χ3v) is 3.78. The first-order valence-electron chi connectivity index (χ1n) is 7.66. The van der Waals surface area contributed by atoms with Crippen LogP contribution in [0.5, 0.6) is 5.75 Å². The molecule has 0 amide bonds. The summed E-state index contributed by atoms with van der Waals surface area (Å²) in [4.78, 5) is 48.4. The third-order valence-electron chi connectivity index (χ3n) is 3.78. The van der Waals surface area contributed by atoms with Crippen molar-refractivity contribution in [2.45, 2.75) is 6.04 Å². The third kappa shape index (κ3) is 3.30. The van der Waals surface area contributed by atoms with Crippen molar-refractivity contribution < 1.29 is 28.6 Å². The van der Waals surface area contributed by atoms with E-state index in [9.17, 15) is 24.3 Å². The fourth-order valence-electron chi connectivity index (χ4n) is 2.61. The SMILES string of the molecule is COC(=O)Oc1cccc2c(=O)n([C@@H](C(=O)O)c3ccccc3)c(=O)oc12. The Labute approximate surface area is 151 Å². The van der Waals surface area contributed by atoms with E-state index in [0.29, 0.717) is 4.57 Å². The maximum Gasteiger partial charge on any atom is 0.513 e. The molecular formula is C18H13NO8. The molecule has 9 nitrogen and oxygen atoms in total. The zero-order valence-corrected chi connectivity index (χ0v) is 13.9. The van der Waals surface area contributed by atoms with E-state index in [1.54, 1.807) is 18.2 Å². The minimum Gasteiger partial charge on any atom is -0.479 e. The summed E-state index contributed by atoms with van der Waals surface area (Å²) < 4.78 is 14.8. The maximum absolute atomic E-state index is 12.8. The minimum absolute atomic E-state index is 0.127. The quantitative estimate of drug-likeness (QED) is 0.543. The van der Waals surface area contributed by atoms with E-state index in [0.717, 1.165) is 7.11 Å². The largest absolute Gasteiger partial charge is 0.513 e. The summed E-state index contributed by atoms with van der Waals surface area (Å²) in [7, 11) is 1.09. The summed E-state index contributed by atoms with van der Waals surface area (Å²) in [5.41, 5.74) is -0.958. The van der Waals surface area contributed by atoms with Crippen molar-refractivity contribution in [3.63, 3.8) is 0 Å². The lowest BCUT2D eigenvalue weighted by molar-refractivity contribution is -0.139. The molecule has 9 heteroatoms. The van der Waals surface area contributed by atoms with Crippen LogP contribution in [-0.4, -0.2) is 28.9 Å². The number of rotatable bonds is 4. The fraction of sp³-hybridized carbons (Fsp3) is 0.111. The number of aromatic nitrogens is 1. The number of aliphatic carboxylic acids is 1. The molecule has 1 aromatic heterocycles. The molecule has 3 rings (SSSR count). The van der Waals surface area contributed by atoms with Crippen molar-refractivity contribution >= 4 is 23.1 Å². The Morgan fingerprint density at radius 1 is 1.07 bits per heavy atom. The summed E-state index contributed by atoms with van der Waals surface area (Å²) in [6, 6.07) is 10.2. The van der Waals surface area contributed by atoms with Gasteiger partial charge >= 0.3 is 17.9 Å². The number of methoxy groups -OCH3 is 1. The van der Waals surface area contributed by atoms with Gasteiger partial charge in [-0.1, -0.05) is 36.4 Å². The molecule has 1 atom stereocenters. The lowest BCUT2D eigenvalue weighted by Gasteiger charge is -2.15. The summed E-state index contributed by atoms with van der Waals surface area (Å²) in [6.45, 7) is 0. The molecule has 3 aromatic rings. The first-order valence-corrected chi connectivity index (χ1v) is 7.66. The van der Waals surface area contributed by atoms with Crippen LogP contribution in [0.4, 0.5) is 4.79 Å². The van der Waals surface area contributed by atoms with Gasteiger partial charge < -0.3 is 19.0 Å². The zero-order valence-electron chi connectivity index (χ0n) is 13.9. The van der Waals surface area contributed by atoms with Gasteiger partial charge in [0.05, 0.1) is 12.5 Å². The summed E-state index contributed by atoms with van der Waals surface area (Å²) in [5, 5.41) is 9.45. The van der Waals surface area contributed by atoms with Gasteiger partial charge in [0.2, 0.25) is 0 Å². The van der Waals surface area contributed by atoms with Gasteiger partial charge in [-0.25, -0.2) is 19.0 Å². The first kappa shape index (κ1) is 17.9. The van der Waals surface area contributed by atoms with Crippen molar-refractivity contribution in [2.24, 2.45) is 0 Å². The number of hydrogen-bond donors (Lipinski definition) is 1. The number of ether oxygens (including phenoxy) is 2. The molecule has 0 unspecified atom stereocenters. The highest BCUT2D eigenvalue weighted by Crippen LogP contribution is 2.24. The van der Waals surface area contributed by atoms with E-state index in [-0.39, 0.29) is 22.3 Å². The second kappa shape index (κ2) is 7.16. The van der Waals surface area contributed by atoms with Crippen LogP contribution in [0.15, 0.2) is 62.5 Å². The smallest absolute Gasteiger partial charge is 0.479 e. The zero-order chi connectivity index (χ0) is 19.6. The molecule has 1 heterocycles. The maximum atomic E-state index is 12.8. The van der Waals surface area contributed by atoms with Crippen molar-refractivity contribution in [1.82, 2.24) is 4.57 Å². The predicted octanol–water partition coefficient (Wildman–Crippen LogP) is 1.77. The molecule has 2 aromatic carbocycles. The molecule has 0 saturated carbocycles. The molecular weight excluding hydrogens is 358 g/mol. The molecule has 0 saturated heterocycles. The van der Waals surface area contributed by atoms with Gasteiger partial charge in [-0.15, -0.1) is 0 Å². The summed E-state index contributed by atoms with van der Waals surface area (Å²) in [5.74, 6) is -2.81. The number of fused-ring (bicyclic) bond motifs is 1. The standard InChI is InChI=1S/C18H13NO8/c1-25-18(24)26-12-9-5-8-11-14(12)27-17(23)19(15(11)20)13(16(21)22)10-6-3-2-4-7-10/h2-9,13H,1H3,(H,21,22)/t13-/m1/s1. The lowest BCUT2D eigenvalue weighted by atomic mass is 10.1. The molecule has 0 radical (unpaired) electrons. The molecule has 27 heavy (non-hydrogen) atoms. The molecule has 0 aliphatic carbocycles. The Bertz CT molecular complexity index is 1130. The van der Waals surface area contributed by atoms with Crippen LogP contribution in [-0.2, 0) is 9.53 Å². The van der Waals surface area contributed by atoms with Gasteiger partial charge in [0.1, 0.15) is 0 Å². The van der Waals surface area contributed by atoms with E-state index in [1.165, 1.54) is 30.3 Å². The second-order valence-electron chi connectivity index (χ2n) is 5.38. The van der Waals surface area contributed by atoms with Crippen LogP contribution in [0, 0.1) is 0 Å². The van der Waals surface area contributed by atoms with Gasteiger partial charge in [-0.3, -0.25) is 4.79 Å². The lowest BCUT2D eigenvalue weighted by Crippen LogP contribution is -2.39. The van der Waals surface area contributed by atoms with E-state index in [1.807, 2.05) is 0 Å². The van der Waals surface area contributed by atoms with Gasteiger partial charge in [0.15, 0.2) is 17.4 Å². The van der Waals surface area contributed by atoms with E-state index < -0.39 is 29.5 Å². The normalized spacial score (nSPS) is 11.7. The number of benzene rings is 2. The van der Waals surface area contributed by atoms with Crippen LogP contribution in [0.25, 0.3) is 11.0 Å². The molecule has 0 aliphatic rings. The van der Waals surface area contributed by atoms with Crippen molar-refractivity contribution in [1.29, 1.82) is 0 Å².